The van der Waals surface area contributed by atoms with Crippen molar-refractivity contribution in [3.63, 3.8) is 0 Å². The summed E-state index contributed by atoms with van der Waals surface area (Å²) in [6.07, 6.45) is 1.82. The highest BCUT2D eigenvalue weighted by atomic mass is 32.2. The van der Waals surface area contributed by atoms with E-state index in [0.29, 0.717) is 10.7 Å². The summed E-state index contributed by atoms with van der Waals surface area (Å²) in [5.41, 5.74) is 7.32. The Hall–Kier alpha value is -1.29. The maximum atomic E-state index is 10.6. The van der Waals surface area contributed by atoms with Crippen molar-refractivity contribution in [2.45, 2.75) is 18.9 Å². The molecule has 0 saturated carbocycles. The second kappa shape index (κ2) is 4.29. The maximum Gasteiger partial charge on any atom is 0.154 e. The number of nitrogens with two attached hydrogens (primary N) is 1. The van der Waals surface area contributed by atoms with Crippen LogP contribution in [0.15, 0.2) is 29.3 Å². The van der Waals surface area contributed by atoms with Crippen LogP contribution in [0.3, 0.4) is 0 Å². The number of carbonyl (C=O) groups excluding carboxylic acids is 1. The number of amidine groups is 1. The third-order valence-corrected chi connectivity index (χ3v) is 3.66. The Morgan fingerprint density at radius 1 is 1.44 bits per heavy atom. The number of aliphatic imine (C=N–C) groups is 1. The Morgan fingerprint density at radius 2 is 2.12 bits per heavy atom. The van der Waals surface area contributed by atoms with Gasteiger partial charge in [0.05, 0.1) is 5.54 Å². The topological polar surface area (TPSA) is 55.5 Å². The lowest BCUT2D eigenvalue weighted by molar-refractivity contribution is 0.112. The largest absolute Gasteiger partial charge is 0.379 e. The Kier molecular flexibility index (Phi) is 3.01. The van der Waals surface area contributed by atoms with Gasteiger partial charge in [-0.25, -0.2) is 0 Å². The minimum absolute atomic E-state index is 0.239. The molecule has 0 aliphatic carbocycles. The van der Waals surface area contributed by atoms with Crippen LogP contribution >= 0.6 is 11.8 Å². The molecule has 4 heteroatoms. The summed E-state index contributed by atoms with van der Waals surface area (Å²) in [7, 11) is 0. The summed E-state index contributed by atoms with van der Waals surface area (Å²) in [5, 5.41) is 0.646. The van der Waals surface area contributed by atoms with Crippen molar-refractivity contribution in [3.8, 4) is 0 Å². The second-order valence-corrected chi connectivity index (χ2v) is 5.18. The summed E-state index contributed by atoms with van der Waals surface area (Å²) >= 11 is 1.59. The highest BCUT2D eigenvalue weighted by Crippen LogP contribution is 2.34. The van der Waals surface area contributed by atoms with Gasteiger partial charge in [-0.2, -0.15) is 0 Å². The number of hydrogen-bond acceptors (Lipinski definition) is 4. The van der Waals surface area contributed by atoms with E-state index >= 15 is 0 Å². The second-order valence-electron chi connectivity index (χ2n) is 4.06. The van der Waals surface area contributed by atoms with E-state index in [1.807, 2.05) is 24.3 Å². The van der Waals surface area contributed by atoms with Crippen LogP contribution in [0.2, 0.25) is 0 Å². The molecule has 0 radical (unpaired) electrons. The minimum atomic E-state index is -0.239. The fraction of sp³-hybridized carbons (Fsp3) is 0.333. The van der Waals surface area contributed by atoms with Crippen LogP contribution < -0.4 is 5.73 Å². The van der Waals surface area contributed by atoms with Crippen molar-refractivity contribution in [1.29, 1.82) is 0 Å². The number of aldehydes is 1. The Balaban J connectivity index is 2.35. The molecule has 1 atom stereocenters. The fourth-order valence-corrected chi connectivity index (χ4v) is 2.79. The first kappa shape index (κ1) is 11.2. The van der Waals surface area contributed by atoms with Gasteiger partial charge in [0.1, 0.15) is 6.29 Å². The van der Waals surface area contributed by atoms with E-state index in [0.717, 1.165) is 24.0 Å². The number of benzene rings is 1. The van der Waals surface area contributed by atoms with Crippen LogP contribution in [-0.4, -0.2) is 17.2 Å². The molecule has 84 valence electrons. The van der Waals surface area contributed by atoms with Gasteiger partial charge in [0, 0.05) is 11.3 Å². The quantitative estimate of drug-likeness (QED) is 0.798. The zero-order chi connectivity index (χ0) is 11.6. The lowest BCUT2D eigenvalue weighted by Crippen LogP contribution is -2.28. The maximum absolute atomic E-state index is 10.6. The Morgan fingerprint density at radius 3 is 2.69 bits per heavy atom. The molecule has 0 aromatic heterocycles. The van der Waals surface area contributed by atoms with E-state index in [9.17, 15) is 4.79 Å². The number of carbonyl (C=O) groups is 1. The highest BCUT2D eigenvalue weighted by molar-refractivity contribution is 8.13. The normalized spacial score (nSPS) is 24.9. The van der Waals surface area contributed by atoms with Crippen LogP contribution in [0.5, 0.6) is 0 Å². The highest BCUT2D eigenvalue weighted by Gasteiger charge is 2.29. The molecule has 1 aliphatic rings. The van der Waals surface area contributed by atoms with Gasteiger partial charge in [0.2, 0.25) is 0 Å². The third kappa shape index (κ3) is 2.11. The van der Waals surface area contributed by atoms with Crippen molar-refractivity contribution in [1.82, 2.24) is 0 Å². The molecule has 0 amide bonds. The number of nitrogens with zero attached hydrogens (tertiary/aromatic N) is 1. The van der Waals surface area contributed by atoms with Gasteiger partial charge >= 0.3 is 0 Å². The molecule has 2 N–H and O–H groups in total. The Bertz CT molecular complexity index is 427. The molecule has 3 nitrogen and oxygen atoms in total. The molecule has 0 bridgehead atoms. The molecule has 0 spiro atoms. The zero-order valence-corrected chi connectivity index (χ0v) is 9.96. The van der Waals surface area contributed by atoms with Gasteiger partial charge < -0.3 is 5.73 Å². The van der Waals surface area contributed by atoms with Crippen molar-refractivity contribution in [2.75, 3.05) is 5.75 Å². The van der Waals surface area contributed by atoms with Crippen LogP contribution in [0.25, 0.3) is 0 Å². The standard InChI is InChI=1S/C12H14N2OS/c1-12(6-7-16-11(13)14-12)10-4-2-9(8-15)3-5-10/h2-5,8H,6-7H2,1H3,(H2,13,14). The SMILES string of the molecule is CC1(c2ccc(C=O)cc2)CCSC(N)=N1. The van der Waals surface area contributed by atoms with Gasteiger partial charge in [-0.1, -0.05) is 36.0 Å². The molecule has 1 heterocycles. The van der Waals surface area contributed by atoms with Crippen LogP contribution in [-0.2, 0) is 5.54 Å². The van der Waals surface area contributed by atoms with E-state index < -0.39 is 0 Å². The van der Waals surface area contributed by atoms with Gasteiger partial charge in [-0.15, -0.1) is 0 Å². The number of rotatable bonds is 2. The molecule has 1 aliphatic heterocycles. The van der Waals surface area contributed by atoms with Crippen LogP contribution in [0, 0.1) is 0 Å². The summed E-state index contributed by atoms with van der Waals surface area (Å²) in [6.45, 7) is 2.08. The van der Waals surface area contributed by atoms with E-state index in [4.69, 9.17) is 5.73 Å². The predicted octanol–water partition coefficient (Wildman–Crippen LogP) is 2.17. The summed E-state index contributed by atoms with van der Waals surface area (Å²) in [6, 6.07) is 7.55. The minimum Gasteiger partial charge on any atom is -0.379 e. The molecule has 0 saturated heterocycles. The molecule has 16 heavy (non-hydrogen) atoms. The fourth-order valence-electron chi connectivity index (χ4n) is 1.82. The molecule has 1 unspecified atom stereocenters. The van der Waals surface area contributed by atoms with E-state index in [2.05, 4.69) is 11.9 Å². The molecular formula is C12H14N2OS. The van der Waals surface area contributed by atoms with Crippen LogP contribution in [0.1, 0.15) is 29.3 Å². The lowest BCUT2D eigenvalue weighted by atomic mass is 9.89. The first-order chi connectivity index (χ1) is 7.64. The monoisotopic (exact) mass is 234 g/mol. The van der Waals surface area contributed by atoms with Gasteiger partial charge in [-0.3, -0.25) is 9.79 Å². The Labute approximate surface area is 99.1 Å². The smallest absolute Gasteiger partial charge is 0.154 e. The van der Waals surface area contributed by atoms with E-state index in [1.165, 1.54) is 0 Å². The summed E-state index contributed by atoms with van der Waals surface area (Å²) in [4.78, 5) is 15.1. The number of hydrogen-bond donors (Lipinski definition) is 1. The summed E-state index contributed by atoms with van der Waals surface area (Å²) < 4.78 is 0. The molecular weight excluding hydrogens is 220 g/mol. The third-order valence-electron chi connectivity index (χ3n) is 2.86. The zero-order valence-electron chi connectivity index (χ0n) is 9.14. The first-order valence-corrected chi connectivity index (χ1v) is 6.16. The van der Waals surface area contributed by atoms with Gasteiger partial charge in [-0.05, 0) is 18.9 Å². The molecule has 2 rings (SSSR count). The average molecular weight is 234 g/mol. The van der Waals surface area contributed by atoms with Crippen molar-refractivity contribution in [3.05, 3.63) is 35.4 Å². The van der Waals surface area contributed by atoms with E-state index in [-0.39, 0.29) is 5.54 Å². The van der Waals surface area contributed by atoms with Crippen LogP contribution in [0.4, 0.5) is 0 Å². The molecule has 0 fully saturated rings. The van der Waals surface area contributed by atoms with Gasteiger partial charge in [0.15, 0.2) is 5.17 Å². The van der Waals surface area contributed by atoms with E-state index in [1.54, 1.807) is 11.8 Å². The predicted molar refractivity (Wildman–Crippen MR) is 67.9 cm³/mol. The molecule has 1 aromatic rings. The van der Waals surface area contributed by atoms with Crippen molar-refractivity contribution in [2.24, 2.45) is 10.7 Å². The van der Waals surface area contributed by atoms with Gasteiger partial charge in [0.25, 0.3) is 0 Å². The number of thioether (sulfide) groups is 1. The molecule has 1 aromatic carbocycles. The summed E-state index contributed by atoms with van der Waals surface area (Å²) in [5.74, 6) is 0.987. The lowest BCUT2D eigenvalue weighted by Gasteiger charge is -2.29. The average Bonchev–Trinajstić information content (AvgIpc) is 2.29. The van der Waals surface area contributed by atoms with Crippen molar-refractivity contribution >= 4 is 23.2 Å². The van der Waals surface area contributed by atoms with Crippen molar-refractivity contribution < 1.29 is 4.79 Å². The first-order valence-electron chi connectivity index (χ1n) is 5.18.